The van der Waals surface area contributed by atoms with Gasteiger partial charge in [-0.3, -0.25) is 0 Å². The number of aryl methyl sites for hydroxylation is 2. The standard InChI is InChI=1S/C16H14FN3/c1-9-3-5-12(10(2)7-9)16-19-14-6-4-11(17)8-13(14)15(18)20-16/h3-8H,1-2H3,(H2,18,19,20). The third-order valence-electron chi connectivity index (χ3n) is 3.31. The minimum Gasteiger partial charge on any atom is -0.383 e. The van der Waals surface area contributed by atoms with E-state index < -0.39 is 0 Å². The van der Waals surface area contributed by atoms with Crippen LogP contribution in [0.3, 0.4) is 0 Å². The van der Waals surface area contributed by atoms with Crippen molar-refractivity contribution in [2.45, 2.75) is 13.8 Å². The van der Waals surface area contributed by atoms with Gasteiger partial charge in [-0.15, -0.1) is 0 Å². The molecule has 2 aromatic carbocycles. The summed E-state index contributed by atoms with van der Waals surface area (Å²) in [6.07, 6.45) is 0. The predicted octanol–water partition coefficient (Wildman–Crippen LogP) is 3.63. The van der Waals surface area contributed by atoms with Crippen LogP contribution in [0, 0.1) is 19.7 Å². The Labute approximate surface area is 116 Å². The lowest BCUT2D eigenvalue weighted by Crippen LogP contribution is -1.99. The molecule has 3 rings (SSSR count). The normalized spacial score (nSPS) is 10.9. The highest BCUT2D eigenvalue weighted by atomic mass is 19.1. The molecule has 0 atom stereocenters. The molecule has 1 heterocycles. The third-order valence-corrected chi connectivity index (χ3v) is 3.31. The Hall–Kier alpha value is -2.49. The first-order valence-corrected chi connectivity index (χ1v) is 6.35. The van der Waals surface area contributed by atoms with Crippen LogP contribution in [0.2, 0.25) is 0 Å². The number of halogens is 1. The van der Waals surface area contributed by atoms with Crippen LogP contribution in [-0.2, 0) is 0 Å². The van der Waals surface area contributed by atoms with E-state index in [1.165, 1.54) is 17.7 Å². The molecule has 2 N–H and O–H groups in total. The number of fused-ring (bicyclic) bond motifs is 1. The first kappa shape index (κ1) is 12.5. The van der Waals surface area contributed by atoms with Crippen molar-refractivity contribution in [2.75, 3.05) is 5.73 Å². The van der Waals surface area contributed by atoms with Crippen molar-refractivity contribution in [2.24, 2.45) is 0 Å². The topological polar surface area (TPSA) is 51.8 Å². The fraction of sp³-hybridized carbons (Fsp3) is 0.125. The minimum atomic E-state index is -0.341. The van der Waals surface area contributed by atoms with Crippen LogP contribution in [0.15, 0.2) is 36.4 Å². The molecule has 0 bridgehead atoms. The van der Waals surface area contributed by atoms with Gasteiger partial charge in [0.25, 0.3) is 0 Å². The van der Waals surface area contributed by atoms with E-state index >= 15 is 0 Å². The van der Waals surface area contributed by atoms with Crippen LogP contribution in [0.25, 0.3) is 22.3 Å². The van der Waals surface area contributed by atoms with Gasteiger partial charge in [0.15, 0.2) is 5.82 Å². The van der Waals surface area contributed by atoms with Crippen molar-refractivity contribution in [3.8, 4) is 11.4 Å². The molecule has 0 saturated heterocycles. The quantitative estimate of drug-likeness (QED) is 0.732. The van der Waals surface area contributed by atoms with Crippen LogP contribution < -0.4 is 5.73 Å². The first-order chi connectivity index (χ1) is 9.54. The zero-order valence-electron chi connectivity index (χ0n) is 11.3. The maximum atomic E-state index is 13.2. The highest BCUT2D eigenvalue weighted by molar-refractivity contribution is 5.89. The molecule has 0 fully saturated rings. The molecular weight excluding hydrogens is 253 g/mol. The van der Waals surface area contributed by atoms with E-state index in [2.05, 4.69) is 16.0 Å². The summed E-state index contributed by atoms with van der Waals surface area (Å²) in [5.41, 5.74) is 9.78. The molecule has 0 aliphatic rings. The second kappa shape index (κ2) is 4.56. The molecule has 4 heteroatoms. The number of aromatic nitrogens is 2. The van der Waals surface area contributed by atoms with E-state index in [1.807, 2.05) is 26.0 Å². The number of hydrogen-bond donors (Lipinski definition) is 1. The van der Waals surface area contributed by atoms with Crippen LogP contribution in [-0.4, -0.2) is 9.97 Å². The number of benzene rings is 2. The average Bonchev–Trinajstić information content (AvgIpc) is 2.39. The number of nitrogens with zero attached hydrogens (tertiary/aromatic N) is 2. The van der Waals surface area contributed by atoms with E-state index in [-0.39, 0.29) is 5.82 Å². The van der Waals surface area contributed by atoms with Crippen LogP contribution in [0.4, 0.5) is 10.2 Å². The van der Waals surface area contributed by atoms with Crippen molar-refractivity contribution in [3.63, 3.8) is 0 Å². The van der Waals surface area contributed by atoms with Crippen molar-refractivity contribution < 1.29 is 4.39 Å². The lowest BCUT2D eigenvalue weighted by Gasteiger charge is -2.08. The molecule has 20 heavy (non-hydrogen) atoms. The lowest BCUT2D eigenvalue weighted by molar-refractivity contribution is 0.629. The van der Waals surface area contributed by atoms with Gasteiger partial charge < -0.3 is 5.73 Å². The van der Waals surface area contributed by atoms with Gasteiger partial charge in [0.05, 0.1) is 5.52 Å². The number of hydrogen-bond acceptors (Lipinski definition) is 3. The summed E-state index contributed by atoms with van der Waals surface area (Å²) >= 11 is 0. The molecule has 1 aromatic heterocycles. The smallest absolute Gasteiger partial charge is 0.162 e. The van der Waals surface area contributed by atoms with E-state index in [0.29, 0.717) is 22.5 Å². The molecule has 0 saturated carbocycles. The second-order valence-electron chi connectivity index (χ2n) is 4.91. The van der Waals surface area contributed by atoms with Gasteiger partial charge in [0, 0.05) is 10.9 Å². The van der Waals surface area contributed by atoms with Gasteiger partial charge in [-0.05, 0) is 37.6 Å². The van der Waals surface area contributed by atoms with Crippen LogP contribution in [0.5, 0.6) is 0 Å². The zero-order valence-corrected chi connectivity index (χ0v) is 11.3. The Kier molecular flexibility index (Phi) is 2.86. The summed E-state index contributed by atoms with van der Waals surface area (Å²) in [5, 5.41) is 0.540. The highest BCUT2D eigenvalue weighted by Gasteiger charge is 2.10. The van der Waals surface area contributed by atoms with Gasteiger partial charge in [-0.25, -0.2) is 14.4 Å². The summed E-state index contributed by atoms with van der Waals surface area (Å²) in [5.74, 6) is 0.524. The van der Waals surface area contributed by atoms with Gasteiger partial charge in [-0.1, -0.05) is 23.8 Å². The van der Waals surface area contributed by atoms with Gasteiger partial charge in [-0.2, -0.15) is 0 Å². The van der Waals surface area contributed by atoms with E-state index in [1.54, 1.807) is 6.07 Å². The van der Waals surface area contributed by atoms with E-state index in [9.17, 15) is 4.39 Å². The molecule has 0 radical (unpaired) electrons. The summed E-state index contributed by atoms with van der Waals surface area (Å²) in [4.78, 5) is 8.78. The third kappa shape index (κ3) is 2.09. The van der Waals surface area contributed by atoms with Crippen molar-refractivity contribution in [3.05, 3.63) is 53.3 Å². The minimum absolute atomic E-state index is 0.296. The second-order valence-corrected chi connectivity index (χ2v) is 4.91. The summed E-state index contributed by atoms with van der Waals surface area (Å²) in [6, 6.07) is 10.4. The Bertz CT molecular complexity index is 812. The fourth-order valence-corrected chi connectivity index (χ4v) is 2.31. The Morgan fingerprint density at radius 2 is 1.80 bits per heavy atom. The molecule has 0 aliphatic carbocycles. The molecule has 0 amide bonds. The lowest BCUT2D eigenvalue weighted by atomic mass is 10.0. The Morgan fingerprint density at radius 1 is 1.00 bits per heavy atom. The maximum absolute atomic E-state index is 13.2. The molecular formula is C16H14FN3. The van der Waals surface area contributed by atoms with Gasteiger partial charge in [0.2, 0.25) is 0 Å². The molecule has 3 nitrogen and oxygen atoms in total. The van der Waals surface area contributed by atoms with Crippen molar-refractivity contribution in [1.82, 2.24) is 9.97 Å². The predicted molar refractivity (Wildman–Crippen MR) is 78.8 cm³/mol. The Morgan fingerprint density at radius 3 is 2.55 bits per heavy atom. The maximum Gasteiger partial charge on any atom is 0.162 e. The first-order valence-electron chi connectivity index (χ1n) is 6.35. The van der Waals surface area contributed by atoms with E-state index in [4.69, 9.17) is 5.73 Å². The number of anilines is 1. The number of nitrogen functional groups attached to an aromatic ring is 1. The molecule has 0 aliphatic heterocycles. The fourth-order valence-electron chi connectivity index (χ4n) is 2.31. The summed E-state index contributed by atoms with van der Waals surface area (Å²) in [7, 11) is 0. The molecule has 3 aromatic rings. The number of rotatable bonds is 1. The van der Waals surface area contributed by atoms with Crippen molar-refractivity contribution in [1.29, 1.82) is 0 Å². The number of nitrogens with two attached hydrogens (primary N) is 1. The summed E-state index contributed by atoms with van der Waals surface area (Å²) in [6.45, 7) is 4.05. The molecule has 100 valence electrons. The largest absolute Gasteiger partial charge is 0.383 e. The highest BCUT2D eigenvalue weighted by Crippen LogP contribution is 2.26. The van der Waals surface area contributed by atoms with E-state index in [0.717, 1.165) is 11.1 Å². The molecule has 0 spiro atoms. The van der Waals surface area contributed by atoms with Gasteiger partial charge in [0.1, 0.15) is 11.6 Å². The molecule has 0 unspecified atom stereocenters. The zero-order chi connectivity index (χ0) is 14.3. The van der Waals surface area contributed by atoms with Crippen LogP contribution >= 0.6 is 0 Å². The SMILES string of the molecule is Cc1ccc(-c2nc(N)c3cc(F)ccc3n2)c(C)c1. The van der Waals surface area contributed by atoms with Crippen LogP contribution in [0.1, 0.15) is 11.1 Å². The monoisotopic (exact) mass is 267 g/mol. The Balaban J connectivity index is 2.24. The van der Waals surface area contributed by atoms with Gasteiger partial charge >= 0.3 is 0 Å². The summed E-state index contributed by atoms with van der Waals surface area (Å²) < 4.78 is 13.2. The average molecular weight is 267 g/mol. The van der Waals surface area contributed by atoms with Crippen molar-refractivity contribution >= 4 is 16.7 Å².